The molecule has 0 aromatic carbocycles. The summed E-state index contributed by atoms with van der Waals surface area (Å²) >= 11 is 1.37. The molecule has 0 aliphatic heterocycles. The van der Waals surface area contributed by atoms with Crippen LogP contribution >= 0.6 is 11.8 Å². The van der Waals surface area contributed by atoms with Gasteiger partial charge in [0.25, 0.3) is 0 Å². The third kappa shape index (κ3) is 10.4. The average molecular weight is 452 g/mol. The van der Waals surface area contributed by atoms with Crippen molar-refractivity contribution in [3.8, 4) is 0 Å². The first kappa shape index (κ1) is 27.6. The number of carboxylic acids is 2. The molecule has 30 heavy (non-hydrogen) atoms. The van der Waals surface area contributed by atoms with E-state index in [0.29, 0.717) is 5.75 Å². The zero-order chi connectivity index (χ0) is 23.3. The number of amides is 3. The van der Waals surface area contributed by atoms with Crippen molar-refractivity contribution < 1.29 is 44.4 Å². The number of hydrogen-bond donors (Lipinski definition) is 8. The van der Waals surface area contributed by atoms with E-state index in [1.54, 1.807) is 6.26 Å². The Labute approximate surface area is 176 Å². The van der Waals surface area contributed by atoms with E-state index < -0.39 is 73.5 Å². The Morgan fingerprint density at radius 1 is 0.833 bits per heavy atom. The number of carboxylic acid groups (broad SMARTS) is 2. The van der Waals surface area contributed by atoms with Gasteiger partial charge in [-0.1, -0.05) is 0 Å². The first-order chi connectivity index (χ1) is 14.1. The SMILES string of the molecule is CSCC[C@H](NC(=O)[C@H](CCC(=O)O)NC(=O)[C@H](CO)NC(=O)[C@@H](N)CO)C(=O)O. The van der Waals surface area contributed by atoms with Gasteiger partial charge in [0.1, 0.15) is 24.2 Å². The molecule has 0 radical (unpaired) electrons. The lowest BCUT2D eigenvalue weighted by Crippen LogP contribution is -2.58. The monoisotopic (exact) mass is 452 g/mol. The first-order valence-electron chi connectivity index (χ1n) is 8.89. The maximum absolute atomic E-state index is 12.5. The molecule has 9 N–H and O–H groups in total. The Bertz CT molecular complexity index is 620. The van der Waals surface area contributed by atoms with Crippen molar-refractivity contribution in [1.29, 1.82) is 0 Å². The molecule has 0 aliphatic rings. The van der Waals surface area contributed by atoms with Gasteiger partial charge in [-0.25, -0.2) is 4.79 Å². The van der Waals surface area contributed by atoms with Gasteiger partial charge < -0.3 is 42.1 Å². The fourth-order valence-corrected chi connectivity index (χ4v) is 2.60. The highest BCUT2D eigenvalue weighted by Crippen LogP contribution is 2.04. The van der Waals surface area contributed by atoms with Crippen LogP contribution in [-0.4, -0.2) is 99.5 Å². The number of aliphatic carboxylic acids is 2. The molecule has 0 fully saturated rings. The normalized spacial score (nSPS) is 14.7. The van der Waals surface area contributed by atoms with E-state index in [0.717, 1.165) is 0 Å². The summed E-state index contributed by atoms with van der Waals surface area (Å²) in [7, 11) is 0. The minimum absolute atomic E-state index is 0.107. The zero-order valence-corrected chi connectivity index (χ0v) is 17.2. The van der Waals surface area contributed by atoms with Crippen molar-refractivity contribution in [2.45, 2.75) is 43.4 Å². The van der Waals surface area contributed by atoms with Crippen LogP contribution in [0, 0.1) is 0 Å². The van der Waals surface area contributed by atoms with Gasteiger partial charge in [-0.2, -0.15) is 11.8 Å². The third-order valence-electron chi connectivity index (χ3n) is 3.85. The first-order valence-corrected chi connectivity index (χ1v) is 10.3. The Balaban J connectivity index is 5.27. The number of hydrogen-bond acceptors (Lipinski definition) is 9. The Morgan fingerprint density at radius 2 is 1.37 bits per heavy atom. The molecule has 0 aromatic heterocycles. The molecule has 0 heterocycles. The highest BCUT2D eigenvalue weighted by molar-refractivity contribution is 7.98. The van der Waals surface area contributed by atoms with Crippen LogP contribution in [0.5, 0.6) is 0 Å². The molecule has 0 spiro atoms. The molecule has 3 amide bonds. The van der Waals surface area contributed by atoms with E-state index in [1.165, 1.54) is 11.8 Å². The minimum Gasteiger partial charge on any atom is -0.481 e. The number of nitrogens with one attached hydrogen (secondary N) is 3. The van der Waals surface area contributed by atoms with Crippen molar-refractivity contribution in [2.24, 2.45) is 5.73 Å². The lowest BCUT2D eigenvalue weighted by Gasteiger charge is -2.24. The Morgan fingerprint density at radius 3 is 1.83 bits per heavy atom. The van der Waals surface area contributed by atoms with E-state index in [-0.39, 0.29) is 12.8 Å². The van der Waals surface area contributed by atoms with E-state index in [9.17, 15) is 34.2 Å². The second-order valence-corrected chi connectivity index (χ2v) is 7.19. The number of aliphatic hydroxyl groups is 2. The molecule has 0 bridgehead atoms. The minimum atomic E-state index is -1.53. The largest absolute Gasteiger partial charge is 0.481 e. The highest BCUT2D eigenvalue weighted by atomic mass is 32.2. The standard InChI is InChI=1S/C16H28N4O9S/c1-30-5-4-10(16(28)29)19-14(26)9(2-3-12(23)24)18-15(27)11(7-22)20-13(25)8(17)6-21/h8-11,21-22H,2-7,17H2,1H3,(H,18,27)(H,19,26)(H,20,25)(H,23,24)(H,28,29)/t8-,9-,10-,11-/m0/s1. The second-order valence-electron chi connectivity index (χ2n) is 6.21. The molecule has 0 rings (SSSR count). The summed E-state index contributed by atoms with van der Waals surface area (Å²) in [6.45, 7) is -1.57. The van der Waals surface area contributed by atoms with Gasteiger partial charge in [0.2, 0.25) is 17.7 Å². The topological polar surface area (TPSA) is 228 Å². The number of thioether (sulfide) groups is 1. The fourth-order valence-electron chi connectivity index (χ4n) is 2.13. The van der Waals surface area contributed by atoms with Gasteiger partial charge >= 0.3 is 11.9 Å². The predicted molar refractivity (Wildman–Crippen MR) is 105 cm³/mol. The molecule has 0 unspecified atom stereocenters. The smallest absolute Gasteiger partial charge is 0.326 e. The molecule has 13 nitrogen and oxygen atoms in total. The van der Waals surface area contributed by atoms with E-state index in [2.05, 4.69) is 16.0 Å². The molecule has 0 saturated heterocycles. The van der Waals surface area contributed by atoms with Crippen LogP contribution in [0.2, 0.25) is 0 Å². The van der Waals surface area contributed by atoms with Gasteiger partial charge in [-0.05, 0) is 24.9 Å². The van der Waals surface area contributed by atoms with Crippen molar-refractivity contribution in [1.82, 2.24) is 16.0 Å². The van der Waals surface area contributed by atoms with E-state index in [4.69, 9.17) is 15.9 Å². The number of rotatable bonds is 15. The summed E-state index contributed by atoms with van der Waals surface area (Å²) in [6.07, 6.45) is 0.995. The second kappa shape index (κ2) is 14.5. The van der Waals surface area contributed by atoms with Crippen LogP contribution < -0.4 is 21.7 Å². The maximum Gasteiger partial charge on any atom is 0.326 e. The number of aliphatic hydroxyl groups excluding tert-OH is 2. The molecule has 0 aliphatic carbocycles. The summed E-state index contributed by atoms with van der Waals surface area (Å²) in [4.78, 5) is 58.6. The summed E-state index contributed by atoms with van der Waals surface area (Å²) in [5.74, 6) is -4.97. The van der Waals surface area contributed by atoms with Gasteiger partial charge in [-0.15, -0.1) is 0 Å². The van der Waals surface area contributed by atoms with Gasteiger partial charge in [0.05, 0.1) is 13.2 Å². The number of carbonyl (C=O) groups is 5. The van der Waals surface area contributed by atoms with Crippen molar-refractivity contribution >= 4 is 41.4 Å². The Kier molecular flexibility index (Phi) is 13.4. The summed E-state index contributed by atoms with van der Waals surface area (Å²) in [5.41, 5.74) is 5.31. The molecule has 172 valence electrons. The summed E-state index contributed by atoms with van der Waals surface area (Å²) < 4.78 is 0. The van der Waals surface area contributed by atoms with Gasteiger partial charge in [0, 0.05) is 6.42 Å². The van der Waals surface area contributed by atoms with Crippen LogP contribution in [0.1, 0.15) is 19.3 Å². The molecule has 14 heteroatoms. The molecule has 4 atom stereocenters. The van der Waals surface area contributed by atoms with Crippen molar-refractivity contribution in [2.75, 3.05) is 25.2 Å². The Hall–Kier alpha value is -2.42. The average Bonchev–Trinajstić information content (AvgIpc) is 2.70. The lowest BCUT2D eigenvalue weighted by molar-refractivity contribution is -0.143. The van der Waals surface area contributed by atoms with Crippen LogP contribution in [-0.2, 0) is 24.0 Å². The van der Waals surface area contributed by atoms with Crippen molar-refractivity contribution in [3.63, 3.8) is 0 Å². The van der Waals surface area contributed by atoms with Crippen molar-refractivity contribution in [3.05, 3.63) is 0 Å². The maximum atomic E-state index is 12.5. The van der Waals surface area contributed by atoms with Crippen LogP contribution in [0.25, 0.3) is 0 Å². The van der Waals surface area contributed by atoms with E-state index in [1.807, 2.05) is 0 Å². The quantitative estimate of drug-likeness (QED) is 0.121. The number of nitrogens with two attached hydrogens (primary N) is 1. The third-order valence-corrected chi connectivity index (χ3v) is 4.50. The molecule has 0 saturated carbocycles. The molecule has 0 aromatic rings. The van der Waals surface area contributed by atoms with Gasteiger partial charge in [0.15, 0.2) is 0 Å². The molecular weight excluding hydrogens is 424 g/mol. The number of carbonyl (C=O) groups excluding carboxylic acids is 3. The van der Waals surface area contributed by atoms with E-state index >= 15 is 0 Å². The predicted octanol–water partition coefficient (Wildman–Crippen LogP) is -3.54. The van der Waals surface area contributed by atoms with Crippen LogP contribution in [0.4, 0.5) is 0 Å². The summed E-state index contributed by atoms with van der Waals surface area (Å²) in [5, 5.41) is 42.8. The van der Waals surface area contributed by atoms with Crippen LogP contribution in [0.15, 0.2) is 0 Å². The molecular formula is C16H28N4O9S. The summed E-state index contributed by atoms with van der Waals surface area (Å²) in [6, 6.07) is -5.54. The van der Waals surface area contributed by atoms with Gasteiger partial charge in [-0.3, -0.25) is 19.2 Å². The highest BCUT2D eigenvalue weighted by Gasteiger charge is 2.30. The lowest BCUT2D eigenvalue weighted by atomic mass is 10.1. The van der Waals surface area contributed by atoms with Crippen LogP contribution in [0.3, 0.4) is 0 Å². The zero-order valence-electron chi connectivity index (χ0n) is 16.4. The fraction of sp³-hybridized carbons (Fsp3) is 0.688.